The van der Waals surface area contributed by atoms with Gasteiger partial charge in [0.2, 0.25) is 0 Å². The van der Waals surface area contributed by atoms with Crippen LogP contribution in [0.4, 0.5) is 0 Å². The van der Waals surface area contributed by atoms with Gasteiger partial charge in [0, 0.05) is 6.54 Å². The predicted octanol–water partition coefficient (Wildman–Crippen LogP) is -0.483. The van der Waals surface area contributed by atoms with E-state index >= 15 is 0 Å². The third kappa shape index (κ3) is 2.93. The van der Waals surface area contributed by atoms with Crippen LogP contribution in [-0.4, -0.2) is 47.9 Å². The number of hydrogen-bond donors (Lipinski definition) is 2. The lowest BCUT2D eigenvalue weighted by Crippen LogP contribution is -2.27. The van der Waals surface area contributed by atoms with E-state index in [4.69, 9.17) is 5.11 Å². The molecule has 2 aromatic rings. The molecule has 0 aromatic carbocycles. The number of amides is 1. The average molecular weight is 282 g/mol. The molecule has 9 heteroatoms. The lowest BCUT2D eigenvalue weighted by atomic mass is 10.3. The summed E-state index contributed by atoms with van der Waals surface area (Å²) >= 11 is 1.15. The molecular weight excluding hydrogens is 268 g/mol. The van der Waals surface area contributed by atoms with Gasteiger partial charge in [0.05, 0.1) is 42.0 Å². The average Bonchev–Trinajstić information content (AvgIpc) is 2.95. The molecule has 0 fully saturated rings. The van der Waals surface area contributed by atoms with Crippen molar-refractivity contribution in [2.24, 2.45) is 0 Å². The molecule has 0 spiro atoms. The van der Waals surface area contributed by atoms with Gasteiger partial charge in [0.25, 0.3) is 5.91 Å². The van der Waals surface area contributed by atoms with Crippen LogP contribution in [0.5, 0.6) is 0 Å². The molecular formula is C10H14N6O2S. The molecule has 0 atom stereocenters. The number of aliphatic hydroxyl groups excluding tert-OH is 1. The van der Waals surface area contributed by atoms with E-state index in [1.54, 1.807) is 11.6 Å². The van der Waals surface area contributed by atoms with E-state index in [1.165, 1.54) is 0 Å². The monoisotopic (exact) mass is 282 g/mol. The van der Waals surface area contributed by atoms with Crippen LogP contribution in [0.1, 0.15) is 27.6 Å². The Labute approximate surface area is 113 Å². The minimum Gasteiger partial charge on any atom is -0.395 e. The quantitative estimate of drug-likeness (QED) is 0.767. The number of nitrogens with zero attached hydrogens (tertiary/aromatic N) is 5. The Morgan fingerprint density at radius 3 is 2.84 bits per heavy atom. The minimum absolute atomic E-state index is 0.109. The van der Waals surface area contributed by atoms with Crippen molar-refractivity contribution in [3.63, 3.8) is 0 Å². The highest BCUT2D eigenvalue weighted by molar-refractivity contribution is 6.99. The Morgan fingerprint density at radius 1 is 1.42 bits per heavy atom. The summed E-state index contributed by atoms with van der Waals surface area (Å²) in [5, 5.41) is 19.0. The Morgan fingerprint density at radius 2 is 2.21 bits per heavy atom. The number of aromatic nitrogens is 5. The summed E-state index contributed by atoms with van der Waals surface area (Å²) in [4.78, 5) is 11.7. The largest absolute Gasteiger partial charge is 0.395 e. The summed E-state index contributed by atoms with van der Waals surface area (Å²) < 4.78 is 9.86. The highest BCUT2D eigenvalue weighted by Gasteiger charge is 2.17. The molecule has 0 aliphatic rings. The molecule has 2 N–H and O–H groups in total. The van der Waals surface area contributed by atoms with Crippen LogP contribution < -0.4 is 5.32 Å². The highest BCUT2D eigenvalue weighted by Crippen LogP contribution is 2.09. The Hall–Kier alpha value is -1.87. The predicted molar refractivity (Wildman–Crippen MR) is 67.9 cm³/mol. The van der Waals surface area contributed by atoms with E-state index in [2.05, 4.69) is 24.4 Å². The van der Waals surface area contributed by atoms with Gasteiger partial charge in [-0.3, -0.25) is 4.79 Å². The number of carbonyl (C=O) groups is 1. The molecule has 102 valence electrons. The summed E-state index contributed by atoms with van der Waals surface area (Å²) in [7, 11) is 0. The van der Waals surface area contributed by atoms with Crippen LogP contribution in [0.25, 0.3) is 0 Å². The smallest absolute Gasteiger partial charge is 0.273 e. The lowest BCUT2D eigenvalue weighted by molar-refractivity contribution is 0.0939. The van der Waals surface area contributed by atoms with Crippen molar-refractivity contribution in [3.05, 3.63) is 22.8 Å². The van der Waals surface area contributed by atoms with Gasteiger partial charge in [-0.15, -0.1) is 5.10 Å². The lowest BCUT2D eigenvalue weighted by Gasteiger charge is -2.02. The zero-order valence-corrected chi connectivity index (χ0v) is 11.4. The van der Waals surface area contributed by atoms with E-state index in [0.29, 0.717) is 12.2 Å². The highest BCUT2D eigenvalue weighted by atomic mass is 32.1. The molecule has 8 nitrogen and oxygen atoms in total. The molecule has 0 unspecified atom stereocenters. The first-order valence-electron chi connectivity index (χ1n) is 5.70. The third-order valence-electron chi connectivity index (χ3n) is 2.64. The molecule has 0 radical (unpaired) electrons. The van der Waals surface area contributed by atoms with E-state index in [0.717, 1.165) is 23.1 Å². The normalized spacial score (nSPS) is 10.7. The first-order valence-corrected chi connectivity index (χ1v) is 6.43. The molecule has 2 aromatic heterocycles. The maximum absolute atomic E-state index is 11.7. The van der Waals surface area contributed by atoms with Gasteiger partial charge >= 0.3 is 0 Å². The van der Waals surface area contributed by atoms with Gasteiger partial charge in [0.1, 0.15) is 0 Å². The van der Waals surface area contributed by atoms with Gasteiger partial charge in [0.15, 0.2) is 5.69 Å². The van der Waals surface area contributed by atoms with E-state index in [9.17, 15) is 4.79 Å². The number of rotatable bonds is 5. The van der Waals surface area contributed by atoms with Crippen molar-refractivity contribution >= 4 is 17.6 Å². The number of aryl methyl sites for hydroxylation is 1. The molecule has 0 bridgehead atoms. The van der Waals surface area contributed by atoms with Crippen LogP contribution in [0.2, 0.25) is 0 Å². The summed E-state index contributed by atoms with van der Waals surface area (Å²) in [5.41, 5.74) is 2.59. The molecule has 0 saturated carbocycles. The molecule has 0 aliphatic heterocycles. The van der Waals surface area contributed by atoms with Crippen LogP contribution >= 0.6 is 11.7 Å². The van der Waals surface area contributed by atoms with Crippen LogP contribution in [0.3, 0.4) is 0 Å². The van der Waals surface area contributed by atoms with Crippen molar-refractivity contribution in [1.29, 1.82) is 0 Å². The summed E-state index contributed by atoms with van der Waals surface area (Å²) in [6, 6.07) is 0. The SMILES string of the molecule is Cc1nsnc1Cn1nnc(C(=O)NCCO)c1C. The first-order chi connectivity index (χ1) is 9.13. The maximum atomic E-state index is 11.7. The number of aliphatic hydroxyl groups is 1. The zero-order chi connectivity index (χ0) is 13.8. The second-order valence-corrected chi connectivity index (χ2v) is 4.49. The molecule has 0 saturated heterocycles. The second-order valence-electron chi connectivity index (χ2n) is 3.96. The zero-order valence-electron chi connectivity index (χ0n) is 10.6. The van der Waals surface area contributed by atoms with Gasteiger partial charge in [-0.05, 0) is 13.8 Å². The number of carbonyl (C=O) groups excluding carboxylic acids is 1. The first kappa shape index (κ1) is 13.6. The minimum atomic E-state index is -0.342. The van der Waals surface area contributed by atoms with Crippen molar-refractivity contribution in [1.82, 2.24) is 29.1 Å². The number of hydrogen-bond acceptors (Lipinski definition) is 7. The summed E-state index contributed by atoms with van der Waals surface area (Å²) in [6.45, 7) is 4.17. The molecule has 0 aliphatic carbocycles. The van der Waals surface area contributed by atoms with Crippen LogP contribution in [0.15, 0.2) is 0 Å². The van der Waals surface area contributed by atoms with Gasteiger partial charge < -0.3 is 10.4 Å². The van der Waals surface area contributed by atoms with Crippen LogP contribution in [-0.2, 0) is 6.54 Å². The second kappa shape index (κ2) is 5.85. The van der Waals surface area contributed by atoms with E-state index in [-0.39, 0.29) is 24.8 Å². The summed E-state index contributed by atoms with van der Waals surface area (Å²) in [5.74, 6) is -0.342. The Bertz CT molecular complexity index is 578. The molecule has 2 heterocycles. The van der Waals surface area contributed by atoms with Gasteiger partial charge in [-0.1, -0.05) is 5.21 Å². The standard InChI is InChI=1S/C10H14N6O2S/c1-6-8(14-19-13-6)5-16-7(2)9(12-15-16)10(18)11-3-4-17/h17H,3-5H2,1-2H3,(H,11,18). The molecule has 19 heavy (non-hydrogen) atoms. The van der Waals surface area contributed by atoms with E-state index in [1.807, 2.05) is 6.92 Å². The Balaban J connectivity index is 2.14. The van der Waals surface area contributed by atoms with Gasteiger partial charge in [-0.2, -0.15) is 8.75 Å². The van der Waals surface area contributed by atoms with Crippen molar-refractivity contribution in [3.8, 4) is 0 Å². The Kier molecular flexibility index (Phi) is 4.17. The van der Waals surface area contributed by atoms with Crippen molar-refractivity contribution in [2.75, 3.05) is 13.2 Å². The number of nitrogens with one attached hydrogen (secondary N) is 1. The topological polar surface area (TPSA) is 106 Å². The van der Waals surface area contributed by atoms with Crippen molar-refractivity contribution < 1.29 is 9.90 Å². The van der Waals surface area contributed by atoms with E-state index < -0.39 is 0 Å². The summed E-state index contributed by atoms with van der Waals surface area (Å²) in [6.07, 6.45) is 0. The van der Waals surface area contributed by atoms with Crippen LogP contribution in [0, 0.1) is 13.8 Å². The fourth-order valence-corrected chi connectivity index (χ4v) is 2.07. The third-order valence-corrected chi connectivity index (χ3v) is 3.30. The van der Waals surface area contributed by atoms with Gasteiger partial charge in [-0.25, -0.2) is 4.68 Å². The van der Waals surface area contributed by atoms with Crippen molar-refractivity contribution in [2.45, 2.75) is 20.4 Å². The fraction of sp³-hybridized carbons (Fsp3) is 0.500. The molecule has 1 amide bonds. The maximum Gasteiger partial charge on any atom is 0.273 e. The fourth-order valence-electron chi connectivity index (χ4n) is 1.51. The molecule has 2 rings (SSSR count).